The molecule has 3 aromatic rings. The number of nitrogens with zero attached hydrogens (tertiary/aromatic N) is 3. The maximum Gasteiger partial charge on any atom is 0.120 e. The van der Waals surface area contributed by atoms with E-state index in [9.17, 15) is 5.26 Å². The predicted octanol–water partition coefficient (Wildman–Crippen LogP) is 2.70. The molecule has 21 heavy (non-hydrogen) atoms. The fourth-order valence-electron chi connectivity index (χ4n) is 2.50. The molecule has 1 aromatic carbocycles. The van der Waals surface area contributed by atoms with E-state index in [1.54, 1.807) is 19.4 Å². The van der Waals surface area contributed by atoms with Crippen molar-refractivity contribution in [3.8, 4) is 23.2 Å². The van der Waals surface area contributed by atoms with E-state index < -0.39 is 0 Å². The highest BCUT2D eigenvalue weighted by Gasteiger charge is 2.17. The zero-order chi connectivity index (χ0) is 15.0. The molecule has 2 N–H and O–H groups in total. The maximum atomic E-state index is 9.53. The van der Waals surface area contributed by atoms with Crippen LogP contribution in [-0.4, -0.2) is 16.7 Å². The van der Waals surface area contributed by atoms with Crippen LogP contribution in [0.25, 0.3) is 22.3 Å². The van der Waals surface area contributed by atoms with E-state index in [4.69, 9.17) is 10.5 Å². The van der Waals surface area contributed by atoms with Crippen molar-refractivity contribution in [2.45, 2.75) is 0 Å². The summed E-state index contributed by atoms with van der Waals surface area (Å²) in [6.45, 7) is 0. The number of rotatable bonds is 2. The highest BCUT2D eigenvalue weighted by molar-refractivity contribution is 5.94. The minimum atomic E-state index is 0.595. The summed E-state index contributed by atoms with van der Waals surface area (Å²) in [6, 6.07) is 11.5. The number of nitrogens with two attached hydrogens (primary N) is 1. The van der Waals surface area contributed by atoms with Crippen LogP contribution in [0.15, 0.2) is 36.5 Å². The highest BCUT2D eigenvalue weighted by Crippen LogP contribution is 2.33. The Hall–Kier alpha value is -3.00. The van der Waals surface area contributed by atoms with Gasteiger partial charge in [0.15, 0.2) is 0 Å². The van der Waals surface area contributed by atoms with Crippen molar-refractivity contribution in [1.82, 2.24) is 9.55 Å². The Bertz CT molecular complexity index is 857. The van der Waals surface area contributed by atoms with Crippen LogP contribution >= 0.6 is 0 Å². The van der Waals surface area contributed by atoms with Gasteiger partial charge in [0.1, 0.15) is 11.8 Å². The lowest BCUT2D eigenvalue weighted by Gasteiger charge is -2.05. The quantitative estimate of drug-likeness (QED) is 0.781. The molecule has 0 saturated carbocycles. The molecule has 0 aliphatic rings. The van der Waals surface area contributed by atoms with Crippen molar-refractivity contribution >= 4 is 16.6 Å². The number of anilines is 1. The van der Waals surface area contributed by atoms with Gasteiger partial charge < -0.3 is 15.0 Å². The van der Waals surface area contributed by atoms with Gasteiger partial charge in [-0.3, -0.25) is 4.98 Å². The van der Waals surface area contributed by atoms with Gasteiger partial charge in [-0.05, 0) is 24.3 Å². The summed E-state index contributed by atoms with van der Waals surface area (Å²) in [5.41, 5.74) is 9.30. The Labute approximate surface area is 122 Å². The lowest BCUT2D eigenvalue weighted by atomic mass is 10.1. The zero-order valence-corrected chi connectivity index (χ0v) is 11.8. The maximum absolute atomic E-state index is 9.53. The van der Waals surface area contributed by atoms with Crippen LogP contribution in [0.2, 0.25) is 0 Å². The first kappa shape index (κ1) is 13.0. The molecule has 3 rings (SSSR count). The van der Waals surface area contributed by atoms with Crippen LogP contribution in [0, 0.1) is 11.3 Å². The van der Waals surface area contributed by atoms with Crippen LogP contribution in [0.3, 0.4) is 0 Å². The minimum absolute atomic E-state index is 0.595. The number of hydrogen-bond acceptors (Lipinski definition) is 4. The number of nitrogen functional groups attached to an aromatic ring is 1. The van der Waals surface area contributed by atoms with E-state index in [-0.39, 0.29) is 0 Å². The standard InChI is InChI=1S/C16H14N4O/c1-20-15-7-11(21-2)4-5-12(15)13(8-17)16(20)14-6-3-10(18)9-19-14/h3-7,9H,18H2,1-2H3. The van der Waals surface area contributed by atoms with Gasteiger partial charge in [-0.25, -0.2) is 0 Å². The fraction of sp³-hybridized carbons (Fsp3) is 0.125. The Morgan fingerprint density at radius 3 is 2.71 bits per heavy atom. The van der Waals surface area contributed by atoms with Gasteiger partial charge >= 0.3 is 0 Å². The third-order valence-electron chi connectivity index (χ3n) is 3.55. The summed E-state index contributed by atoms with van der Waals surface area (Å²) in [5, 5.41) is 10.4. The lowest BCUT2D eigenvalue weighted by molar-refractivity contribution is 0.415. The molecule has 0 spiro atoms. The number of hydrogen-bond donors (Lipinski definition) is 1. The van der Waals surface area contributed by atoms with Crippen molar-refractivity contribution in [3.05, 3.63) is 42.1 Å². The van der Waals surface area contributed by atoms with Gasteiger partial charge in [0.25, 0.3) is 0 Å². The third-order valence-corrected chi connectivity index (χ3v) is 3.55. The lowest BCUT2D eigenvalue weighted by Crippen LogP contribution is -1.96. The number of fused-ring (bicyclic) bond motifs is 1. The molecule has 0 fully saturated rings. The highest BCUT2D eigenvalue weighted by atomic mass is 16.5. The van der Waals surface area contributed by atoms with Crippen LogP contribution < -0.4 is 10.5 Å². The summed E-state index contributed by atoms with van der Waals surface area (Å²) in [7, 11) is 3.54. The van der Waals surface area contributed by atoms with E-state index in [1.807, 2.05) is 35.9 Å². The molecule has 0 atom stereocenters. The van der Waals surface area contributed by atoms with Gasteiger partial charge in [-0.15, -0.1) is 0 Å². The SMILES string of the molecule is COc1ccc2c(C#N)c(-c3ccc(N)cn3)n(C)c2c1. The van der Waals surface area contributed by atoms with E-state index in [2.05, 4.69) is 11.1 Å². The summed E-state index contributed by atoms with van der Waals surface area (Å²) in [5.74, 6) is 0.754. The predicted molar refractivity (Wildman–Crippen MR) is 81.8 cm³/mol. The van der Waals surface area contributed by atoms with E-state index in [0.29, 0.717) is 11.3 Å². The molecule has 104 valence electrons. The second-order valence-electron chi connectivity index (χ2n) is 4.75. The number of aryl methyl sites for hydroxylation is 1. The average molecular weight is 278 g/mol. The first-order valence-electron chi connectivity index (χ1n) is 6.44. The smallest absolute Gasteiger partial charge is 0.120 e. The second-order valence-corrected chi connectivity index (χ2v) is 4.75. The Kier molecular flexibility index (Phi) is 2.99. The Balaban J connectivity index is 2.34. The number of ether oxygens (including phenoxy) is 1. The molecular formula is C16H14N4O. The van der Waals surface area contributed by atoms with Crippen LogP contribution in [0.4, 0.5) is 5.69 Å². The Morgan fingerprint density at radius 2 is 2.10 bits per heavy atom. The summed E-state index contributed by atoms with van der Waals surface area (Å²) >= 11 is 0. The average Bonchev–Trinajstić information content (AvgIpc) is 2.80. The largest absolute Gasteiger partial charge is 0.497 e. The summed E-state index contributed by atoms with van der Waals surface area (Å²) in [6.07, 6.45) is 1.59. The van der Waals surface area contributed by atoms with Crippen molar-refractivity contribution in [2.75, 3.05) is 12.8 Å². The van der Waals surface area contributed by atoms with Gasteiger partial charge in [0.2, 0.25) is 0 Å². The topological polar surface area (TPSA) is 76.9 Å². The number of pyridine rings is 1. The van der Waals surface area contributed by atoms with Crippen molar-refractivity contribution in [2.24, 2.45) is 7.05 Å². The van der Waals surface area contributed by atoms with Gasteiger partial charge in [0, 0.05) is 18.5 Å². The van der Waals surface area contributed by atoms with E-state index >= 15 is 0 Å². The second kappa shape index (κ2) is 4.84. The molecule has 2 heterocycles. The van der Waals surface area contributed by atoms with Crippen LogP contribution in [0.1, 0.15) is 5.56 Å². The molecule has 2 aromatic heterocycles. The van der Waals surface area contributed by atoms with Gasteiger partial charge in [-0.2, -0.15) is 5.26 Å². The number of aromatic nitrogens is 2. The summed E-state index contributed by atoms with van der Waals surface area (Å²) < 4.78 is 7.21. The molecule has 5 nitrogen and oxygen atoms in total. The molecule has 0 aliphatic carbocycles. The zero-order valence-electron chi connectivity index (χ0n) is 11.8. The van der Waals surface area contributed by atoms with Crippen molar-refractivity contribution < 1.29 is 4.74 Å². The molecule has 0 saturated heterocycles. The molecule has 0 bridgehead atoms. The fourth-order valence-corrected chi connectivity index (χ4v) is 2.50. The van der Waals surface area contributed by atoms with E-state index in [0.717, 1.165) is 28.0 Å². The summed E-state index contributed by atoms with van der Waals surface area (Å²) in [4.78, 5) is 4.33. The van der Waals surface area contributed by atoms with Crippen LogP contribution in [0.5, 0.6) is 5.75 Å². The van der Waals surface area contributed by atoms with Crippen molar-refractivity contribution in [1.29, 1.82) is 5.26 Å². The third kappa shape index (κ3) is 1.98. The van der Waals surface area contributed by atoms with Crippen molar-refractivity contribution in [3.63, 3.8) is 0 Å². The molecular weight excluding hydrogens is 264 g/mol. The van der Waals surface area contributed by atoms with E-state index in [1.165, 1.54) is 0 Å². The number of benzene rings is 1. The molecule has 5 heteroatoms. The molecule has 0 aliphatic heterocycles. The van der Waals surface area contributed by atoms with Gasteiger partial charge in [-0.1, -0.05) is 0 Å². The number of nitriles is 1. The first-order valence-corrected chi connectivity index (χ1v) is 6.44. The normalized spacial score (nSPS) is 10.5. The van der Waals surface area contributed by atoms with Crippen LogP contribution in [-0.2, 0) is 7.05 Å². The first-order chi connectivity index (χ1) is 10.2. The monoisotopic (exact) mass is 278 g/mol. The molecule has 0 unspecified atom stereocenters. The number of methoxy groups -OCH3 is 1. The minimum Gasteiger partial charge on any atom is -0.497 e. The van der Waals surface area contributed by atoms with Gasteiger partial charge in [0.05, 0.1) is 41.5 Å². The Morgan fingerprint density at radius 1 is 1.29 bits per heavy atom. The molecule has 0 radical (unpaired) electrons. The molecule has 0 amide bonds.